The number of aliphatic hydroxyl groups is 1. The second kappa shape index (κ2) is 11.1. The maximum atomic E-state index is 13.0. The van der Waals surface area contributed by atoms with Crippen molar-refractivity contribution in [1.29, 1.82) is 0 Å². The van der Waals surface area contributed by atoms with Crippen molar-refractivity contribution >= 4 is 8.32 Å². The predicted octanol–water partition coefficient (Wildman–Crippen LogP) is 9.21. The van der Waals surface area contributed by atoms with Crippen molar-refractivity contribution in [3.63, 3.8) is 0 Å². The topological polar surface area (TPSA) is 38.7 Å². The monoisotopic (exact) mass is 580 g/mol. The number of alkyl halides is 3. The van der Waals surface area contributed by atoms with Crippen LogP contribution < -0.4 is 4.74 Å². The van der Waals surface area contributed by atoms with Crippen LogP contribution in [0.1, 0.15) is 96.1 Å². The summed E-state index contributed by atoms with van der Waals surface area (Å²) in [5, 5.41) is 9.70. The van der Waals surface area contributed by atoms with Crippen LogP contribution in [0.4, 0.5) is 13.2 Å². The minimum atomic E-state index is -4.55. The molecule has 1 N–H and O–H groups in total. The van der Waals surface area contributed by atoms with Gasteiger partial charge in [-0.25, -0.2) is 0 Å². The molecule has 7 heteroatoms. The number of fused-ring (bicyclic) bond motifs is 5. The molecular weight excluding hydrogens is 529 g/mol. The zero-order chi connectivity index (χ0) is 29.7. The number of benzene rings is 1. The number of allylic oxidation sites excluding steroid dienone is 1. The normalized spacial score (nSPS) is 33.1. The molecule has 0 spiro atoms. The molecule has 2 fully saturated rings. The first-order valence-corrected chi connectivity index (χ1v) is 18.1. The van der Waals surface area contributed by atoms with E-state index >= 15 is 0 Å². The van der Waals surface area contributed by atoms with Gasteiger partial charge in [0.15, 0.2) is 8.32 Å². The summed E-state index contributed by atoms with van der Waals surface area (Å²) in [5.74, 6) is 1.90. The summed E-state index contributed by atoms with van der Waals surface area (Å²) in [5.41, 5.74) is 2.61. The summed E-state index contributed by atoms with van der Waals surface area (Å²) >= 11 is 0. The second-order valence-corrected chi connectivity index (χ2v) is 19.4. The Bertz CT molecular complexity index is 1060. The number of hydrogen-bond acceptors (Lipinski definition) is 3. The third kappa shape index (κ3) is 5.56. The fourth-order valence-corrected chi connectivity index (χ4v) is 9.88. The molecule has 0 amide bonds. The average molecular weight is 581 g/mol. The van der Waals surface area contributed by atoms with E-state index in [0.717, 1.165) is 44.3 Å². The molecule has 4 rings (SSSR count). The number of aliphatic hydroxyl groups excluding tert-OH is 1. The van der Waals surface area contributed by atoms with Crippen LogP contribution in [0, 0.1) is 22.7 Å². The molecule has 3 nitrogen and oxygen atoms in total. The highest BCUT2D eigenvalue weighted by Crippen LogP contribution is 2.70. The van der Waals surface area contributed by atoms with Crippen LogP contribution in [-0.4, -0.2) is 38.9 Å². The lowest BCUT2D eigenvalue weighted by atomic mass is 9.44. The van der Waals surface area contributed by atoms with Gasteiger partial charge in [0, 0.05) is 0 Å². The van der Waals surface area contributed by atoms with Crippen molar-refractivity contribution in [2.24, 2.45) is 22.7 Å². The van der Waals surface area contributed by atoms with Gasteiger partial charge in [-0.2, -0.15) is 13.2 Å². The highest BCUT2D eigenvalue weighted by atomic mass is 28.4. The van der Waals surface area contributed by atoms with E-state index < -0.39 is 20.6 Å². The highest BCUT2D eigenvalue weighted by Gasteiger charge is 2.64. The summed E-state index contributed by atoms with van der Waals surface area (Å²) < 4.78 is 51.6. The second-order valence-electron chi connectivity index (χ2n) is 14.7. The first-order valence-electron chi connectivity index (χ1n) is 15.2. The zero-order valence-electron chi connectivity index (χ0n) is 25.7. The van der Waals surface area contributed by atoms with Crippen LogP contribution >= 0.6 is 0 Å². The molecular formula is C33H51F3O3Si. The first-order chi connectivity index (χ1) is 18.5. The summed E-state index contributed by atoms with van der Waals surface area (Å²) in [7, 11) is -0.299. The van der Waals surface area contributed by atoms with Crippen molar-refractivity contribution in [3.05, 3.63) is 42.0 Å². The SMILES string of the molecule is C=C[C@]12CCc3cc(OC)ccc3[C@H]1[C@@H](CCCC[C@@H](O)C(F)(F)F)C[C@]1(C)[C@@H](O[Si](C)(C)C(C)(C)C)CC[C@H]12. The Morgan fingerprint density at radius 2 is 1.88 bits per heavy atom. The molecule has 0 aromatic heterocycles. The highest BCUT2D eigenvalue weighted by molar-refractivity contribution is 6.74. The van der Waals surface area contributed by atoms with E-state index in [1.165, 1.54) is 11.1 Å². The molecule has 0 aliphatic heterocycles. The van der Waals surface area contributed by atoms with E-state index in [9.17, 15) is 18.3 Å². The molecule has 3 aliphatic rings. The zero-order valence-corrected chi connectivity index (χ0v) is 26.7. The lowest BCUT2D eigenvalue weighted by Gasteiger charge is -2.61. The lowest BCUT2D eigenvalue weighted by molar-refractivity contribution is -0.205. The maximum Gasteiger partial charge on any atom is 0.414 e. The number of unbranched alkanes of at least 4 members (excludes halogenated alkanes) is 1. The third-order valence-corrected chi connectivity index (χ3v) is 16.0. The predicted molar refractivity (Wildman–Crippen MR) is 158 cm³/mol. The summed E-state index contributed by atoms with van der Waals surface area (Å²) in [6, 6.07) is 6.46. The van der Waals surface area contributed by atoms with Crippen LogP contribution in [-0.2, 0) is 10.8 Å². The molecule has 0 saturated heterocycles. The minimum Gasteiger partial charge on any atom is -0.497 e. The van der Waals surface area contributed by atoms with E-state index in [-0.39, 0.29) is 34.3 Å². The largest absolute Gasteiger partial charge is 0.497 e. The quantitative estimate of drug-likeness (QED) is 0.180. The number of ether oxygens (including phenoxy) is 1. The van der Waals surface area contributed by atoms with Gasteiger partial charge in [-0.3, -0.25) is 0 Å². The fourth-order valence-electron chi connectivity index (χ4n) is 8.42. The Morgan fingerprint density at radius 1 is 1.18 bits per heavy atom. The number of hydrogen-bond donors (Lipinski definition) is 1. The summed E-state index contributed by atoms with van der Waals surface area (Å²) in [6.07, 6.45) is 2.45. The number of halogens is 3. The van der Waals surface area contributed by atoms with Crippen molar-refractivity contribution in [1.82, 2.24) is 0 Å². The Balaban J connectivity index is 1.69. The lowest BCUT2D eigenvalue weighted by Crippen LogP contribution is -2.56. The first kappa shape index (κ1) is 31.6. The number of methoxy groups -OCH3 is 1. The van der Waals surface area contributed by atoms with Crippen LogP contribution in [0.5, 0.6) is 5.75 Å². The molecule has 226 valence electrons. The van der Waals surface area contributed by atoms with Crippen molar-refractivity contribution in [2.45, 2.75) is 128 Å². The molecule has 40 heavy (non-hydrogen) atoms. The van der Waals surface area contributed by atoms with Crippen LogP contribution in [0.15, 0.2) is 30.9 Å². The molecule has 0 heterocycles. The van der Waals surface area contributed by atoms with Crippen LogP contribution in [0.3, 0.4) is 0 Å². The minimum absolute atomic E-state index is 0.0136. The molecule has 0 radical (unpaired) electrons. The van der Waals surface area contributed by atoms with Gasteiger partial charge in [0.05, 0.1) is 13.2 Å². The van der Waals surface area contributed by atoms with Crippen molar-refractivity contribution < 1.29 is 27.4 Å². The molecule has 3 aliphatic carbocycles. The summed E-state index contributed by atoms with van der Waals surface area (Å²) in [4.78, 5) is 0. The summed E-state index contributed by atoms with van der Waals surface area (Å²) in [6.45, 7) is 18.5. The van der Waals surface area contributed by atoms with Gasteiger partial charge in [-0.1, -0.05) is 52.7 Å². The van der Waals surface area contributed by atoms with Gasteiger partial charge in [-0.05, 0) is 115 Å². The number of rotatable bonds is 9. The molecule has 1 aromatic rings. The third-order valence-electron chi connectivity index (χ3n) is 11.5. The Kier molecular flexibility index (Phi) is 8.75. The molecule has 1 aromatic carbocycles. The van der Waals surface area contributed by atoms with E-state index in [1.54, 1.807) is 7.11 Å². The van der Waals surface area contributed by atoms with Gasteiger partial charge in [-0.15, -0.1) is 6.58 Å². The van der Waals surface area contributed by atoms with Gasteiger partial charge < -0.3 is 14.3 Å². The van der Waals surface area contributed by atoms with Crippen molar-refractivity contribution in [3.8, 4) is 5.75 Å². The molecule has 0 bridgehead atoms. The van der Waals surface area contributed by atoms with Crippen molar-refractivity contribution in [2.75, 3.05) is 7.11 Å². The Morgan fingerprint density at radius 3 is 2.48 bits per heavy atom. The standard InChI is InChI=1S/C33H51F3O3Si/c1-9-32-19-18-22-20-24(38-6)14-15-25(22)29(32)23(12-10-11-13-27(37)33(34,35)36)21-31(5)26(32)16-17-28(31)39-40(7,8)30(2,3)4/h9,14-15,20,23,26-29,37H,1,10-13,16-19,21H2,2-8H3/t23-,26+,27+,28-,29+,31-,32+/m0/s1. The van der Waals surface area contributed by atoms with Gasteiger partial charge in [0.2, 0.25) is 0 Å². The fraction of sp³-hybridized carbons (Fsp3) is 0.758. The molecule has 2 saturated carbocycles. The Labute approximate surface area is 241 Å². The van der Waals surface area contributed by atoms with Crippen LogP contribution in [0.25, 0.3) is 0 Å². The maximum absolute atomic E-state index is 13.0. The van der Waals surface area contributed by atoms with E-state index in [4.69, 9.17) is 9.16 Å². The number of aryl methyl sites for hydroxylation is 1. The molecule has 0 unspecified atom stereocenters. The molecule has 7 atom stereocenters. The van der Waals surface area contributed by atoms with Gasteiger partial charge in [0.1, 0.15) is 11.9 Å². The van der Waals surface area contributed by atoms with Gasteiger partial charge >= 0.3 is 6.18 Å². The Hall–Kier alpha value is -1.31. The van der Waals surface area contributed by atoms with Gasteiger partial charge in [0.25, 0.3) is 0 Å². The smallest absolute Gasteiger partial charge is 0.414 e. The average Bonchev–Trinajstić information content (AvgIpc) is 3.19. The van der Waals surface area contributed by atoms with E-state index in [0.29, 0.717) is 24.7 Å². The van der Waals surface area contributed by atoms with E-state index in [1.807, 2.05) is 0 Å². The van der Waals surface area contributed by atoms with Crippen LogP contribution in [0.2, 0.25) is 18.1 Å². The van der Waals surface area contributed by atoms with E-state index in [2.05, 4.69) is 71.6 Å².